The molecule has 18 heavy (non-hydrogen) atoms. The Kier molecular flexibility index (Phi) is 3.78. The van der Waals surface area contributed by atoms with Crippen molar-refractivity contribution in [1.82, 2.24) is 14.5 Å². The molecule has 0 aliphatic heterocycles. The van der Waals surface area contributed by atoms with Crippen LogP contribution in [-0.2, 0) is 16.4 Å². The molecule has 0 saturated carbocycles. The fraction of sp³-hybridized carbons (Fsp3) is 0.250. The van der Waals surface area contributed by atoms with Gasteiger partial charge < -0.3 is 0 Å². The summed E-state index contributed by atoms with van der Waals surface area (Å²) in [6.07, 6.45) is 5.43. The predicted molar refractivity (Wildman–Crippen MR) is 70.1 cm³/mol. The second-order valence-corrected chi connectivity index (χ2v) is 5.87. The Morgan fingerprint density at radius 1 is 1.28 bits per heavy atom. The van der Waals surface area contributed by atoms with Crippen molar-refractivity contribution in [3.63, 3.8) is 0 Å². The number of hydrogen-bond donors (Lipinski definition) is 1. The zero-order valence-corrected chi connectivity index (χ0v) is 10.9. The summed E-state index contributed by atoms with van der Waals surface area (Å²) >= 11 is 0. The highest BCUT2D eigenvalue weighted by atomic mass is 32.2. The molecular weight excluding hydrogens is 250 g/mol. The summed E-state index contributed by atoms with van der Waals surface area (Å²) in [5.41, 5.74) is 2.07. The lowest BCUT2D eigenvalue weighted by atomic mass is 10.1. The predicted octanol–water partition coefficient (Wildman–Crippen LogP) is 0.964. The van der Waals surface area contributed by atoms with Crippen molar-refractivity contribution < 1.29 is 8.42 Å². The quantitative estimate of drug-likeness (QED) is 0.876. The first kappa shape index (κ1) is 12.8. The van der Waals surface area contributed by atoms with Crippen LogP contribution in [0.4, 0.5) is 0 Å². The highest BCUT2D eigenvalue weighted by molar-refractivity contribution is 7.88. The van der Waals surface area contributed by atoms with Gasteiger partial charge in [-0.3, -0.25) is 0 Å². The molecule has 96 valence electrons. The third-order valence-electron chi connectivity index (χ3n) is 2.48. The first-order chi connectivity index (χ1) is 8.54. The van der Waals surface area contributed by atoms with Gasteiger partial charge in [0.1, 0.15) is 0 Å². The lowest BCUT2D eigenvalue weighted by molar-refractivity contribution is 0.588. The second-order valence-electron chi connectivity index (χ2n) is 4.03. The van der Waals surface area contributed by atoms with E-state index < -0.39 is 10.0 Å². The average Bonchev–Trinajstić information content (AvgIpc) is 2.82. The Bertz CT molecular complexity index is 589. The second kappa shape index (κ2) is 5.32. The third kappa shape index (κ3) is 3.68. The van der Waals surface area contributed by atoms with Gasteiger partial charge in [0.25, 0.3) is 0 Å². The summed E-state index contributed by atoms with van der Waals surface area (Å²) in [6, 6.07) is 9.73. The normalized spacial score (nSPS) is 11.6. The number of nitrogens with zero attached hydrogens (tertiary/aromatic N) is 2. The maximum absolute atomic E-state index is 10.9. The lowest BCUT2D eigenvalue weighted by Crippen LogP contribution is -2.24. The molecule has 0 aliphatic carbocycles. The number of aromatic nitrogens is 2. The average molecular weight is 265 g/mol. The van der Waals surface area contributed by atoms with Crippen molar-refractivity contribution >= 4 is 10.0 Å². The van der Waals surface area contributed by atoms with E-state index in [0.717, 1.165) is 17.5 Å². The molecule has 0 amide bonds. The first-order valence-corrected chi connectivity index (χ1v) is 7.47. The van der Waals surface area contributed by atoms with Gasteiger partial charge in [0.15, 0.2) is 0 Å². The van der Waals surface area contributed by atoms with Crippen LogP contribution in [0.25, 0.3) is 5.69 Å². The van der Waals surface area contributed by atoms with E-state index in [1.165, 1.54) is 0 Å². The molecule has 0 saturated heterocycles. The van der Waals surface area contributed by atoms with Gasteiger partial charge in [-0.25, -0.2) is 17.8 Å². The van der Waals surface area contributed by atoms with E-state index in [-0.39, 0.29) is 0 Å². The SMILES string of the molecule is CS(=O)(=O)NCCc1ccc(-n2cccn2)cc1. The molecule has 2 aromatic rings. The van der Waals surface area contributed by atoms with E-state index in [1.807, 2.05) is 36.5 Å². The van der Waals surface area contributed by atoms with E-state index in [1.54, 1.807) is 10.9 Å². The maximum Gasteiger partial charge on any atom is 0.208 e. The first-order valence-electron chi connectivity index (χ1n) is 5.58. The van der Waals surface area contributed by atoms with Gasteiger partial charge >= 0.3 is 0 Å². The van der Waals surface area contributed by atoms with Crippen molar-refractivity contribution in [1.29, 1.82) is 0 Å². The summed E-state index contributed by atoms with van der Waals surface area (Å²) in [4.78, 5) is 0. The van der Waals surface area contributed by atoms with Crippen LogP contribution in [0, 0.1) is 0 Å². The van der Waals surface area contributed by atoms with Crippen LogP contribution in [0.5, 0.6) is 0 Å². The molecule has 0 spiro atoms. The van der Waals surface area contributed by atoms with Gasteiger partial charge in [0.05, 0.1) is 11.9 Å². The van der Waals surface area contributed by atoms with Crippen LogP contribution >= 0.6 is 0 Å². The maximum atomic E-state index is 10.9. The third-order valence-corrected chi connectivity index (χ3v) is 3.21. The molecule has 1 N–H and O–H groups in total. The van der Waals surface area contributed by atoms with Crippen LogP contribution < -0.4 is 4.72 Å². The Hall–Kier alpha value is -1.66. The minimum absolute atomic E-state index is 0.417. The molecule has 0 fully saturated rings. The largest absolute Gasteiger partial charge is 0.241 e. The Balaban J connectivity index is 1.96. The molecule has 0 radical (unpaired) electrons. The van der Waals surface area contributed by atoms with E-state index >= 15 is 0 Å². The van der Waals surface area contributed by atoms with Gasteiger partial charge in [-0.1, -0.05) is 12.1 Å². The van der Waals surface area contributed by atoms with Crippen LogP contribution in [0.15, 0.2) is 42.7 Å². The lowest BCUT2D eigenvalue weighted by Gasteiger charge is -2.05. The van der Waals surface area contributed by atoms with E-state index in [2.05, 4.69) is 9.82 Å². The highest BCUT2D eigenvalue weighted by Gasteiger charge is 2.01. The summed E-state index contributed by atoms with van der Waals surface area (Å²) in [7, 11) is -3.10. The van der Waals surface area contributed by atoms with Crippen LogP contribution in [0.1, 0.15) is 5.56 Å². The van der Waals surface area contributed by atoms with Gasteiger partial charge in [0, 0.05) is 18.9 Å². The summed E-state index contributed by atoms with van der Waals surface area (Å²) in [5, 5.41) is 4.14. The zero-order valence-electron chi connectivity index (χ0n) is 10.1. The number of hydrogen-bond acceptors (Lipinski definition) is 3. The van der Waals surface area contributed by atoms with Crippen molar-refractivity contribution in [2.75, 3.05) is 12.8 Å². The van der Waals surface area contributed by atoms with Gasteiger partial charge in [0.2, 0.25) is 10.0 Å². The summed E-state index contributed by atoms with van der Waals surface area (Å²) in [5.74, 6) is 0. The fourth-order valence-corrected chi connectivity index (χ4v) is 2.09. The minimum Gasteiger partial charge on any atom is -0.241 e. The molecule has 0 unspecified atom stereocenters. The standard InChI is InChI=1S/C12H15N3O2S/c1-18(16,17)14-9-7-11-3-5-12(6-4-11)15-10-2-8-13-15/h2-6,8,10,14H,7,9H2,1H3. The number of benzene rings is 1. The van der Waals surface area contributed by atoms with Crippen LogP contribution in [0.3, 0.4) is 0 Å². The summed E-state index contributed by atoms with van der Waals surface area (Å²) in [6.45, 7) is 0.417. The van der Waals surface area contributed by atoms with Crippen molar-refractivity contribution in [2.24, 2.45) is 0 Å². The van der Waals surface area contributed by atoms with E-state index in [9.17, 15) is 8.42 Å². The zero-order chi connectivity index (χ0) is 13.0. The van der Waals surface area contributed by atoms with E-state index in [4.69, 9.17) is 0 Å². The molecular formula is C12H15N3O2S. The Labute approximate surface area is 107 Å². The topological polar surface area (TPSA) is 64.0 Å². The Morgan fingerprint density at radius 2 is 2.00 bits per heavy atom. The van der Waals surface area contributed by atoms with Gasteiger partial charge in [-0.05, 0) is 30.2 Å². The molecule has 1 heterocycles. The molecule has 0 bridgehead atoms. The number of sulfonamides is 1. The van der Waals surface area contributed by atoms with Crippen molar-refractivity contribution in [3.05, 3.63) is 48.3 Å². The highest BCUT2D eigenvalue weighted by Crippen LogP contribution is 2.08. The molecule has 1 aromatic carbocycles. The molecule has 2 rings (SSSR count). The van der Waals surface area contributed by atoms with Crippen LogP contribution in [-0.4, -0.2) is 31.0 Å². The van der Waals surface area contributed by atoms with Crippen LogP contribution in [0.2, 0.25) is 0 Å². The minimum atomic E-state index is -3.10. The molecule has 1 aromatic heterocycles. The van der Waals surface area contributed by atoms with Gasteiger partial charge in [-0.2, -0.15) is 5.10 Å². The van der Waals surface area contributed by atoms with Crippen molar-refractivity contribution in [3.8, 4) is 5.69 Å². The van der Waals surface area contributed by atoms with Gasteiger partial charge in [-0.15, -0.1) is 0 Å². The number of nitrogens with one attached hydrogen (secondary N) is 1. The molecule has 0 aliphatic rings. The van der Waals surface area contributed by atoms with E-state index in [0.29, 0.717) is 13.0 Å². The molecule has 6 heteroatoms. The number of rotatable bonds is 5. The Morgan fingerprint density at radius 3 is 2.56 bits per heavy atom. The molecule has 5 nitrogen and oxygen atoms in total. The monoisotopic (exact) mass is 265 g/mol. The molecule has 0 atom stereocenters. The summed E-state index contributed by atoms with van der Waals surface area (Å²) < 4.78 is 26.1. The fourth-order valence-electron chi connectivity index (χ4n) is 1.62. The smallest absolute Gasteiger partial charge is 0.208 e. The van der Waals surface area contributed by atoms with Crippen molar-refractivity contribution in [2.45, 2.75) is 6.42 Å².